The number of halogens is 1. The van der Waals surface area contributed by atoms with Gasteiger partial charge in [0, 0.05) is 42.8 Å². The highest BCUT2D eigenvalue weighted by molar-refractivity contribution is 7.90. The molecule has 0 aliphatic heterocycles. The molecule has 5 rings (SSSR count). The minimum Gasteiger partial charge on any atom is -0.495 e. The van der Waals surface area contributed by atoms with Crippen molar-refractivity contribution in [2.24, 2.45) is 23.5 Å². The minimum atomic E-state index is -3.67. The number of ketones is 2. The first-order valence-corrected chi connectivity index (χ1v) is 20.8. The third kappa shape index (κ3) is 10.7. The fourth-order valence-corrected chi connectivity index (χ4v) is 6.87. The Morgan fingerprint density at radius 2 is 1.51 bits per heavy atom. The maximum absolute atomic E-state index is 13.9. The molecule has 1 amide bonds. The lowest BCUT2D eigenvalue weighted by Crippen LogP contribution is -2.39. The zero-order valence-corrected chi connectivity index (χ0v) is 34.7. The van der Waals surface area contributed by atoms with E-state index in [4.69, 9.17) is 19.9 Å². The topological polar surface area (TPSA) is 190 Å². The van der Waals surface area contributed by atoms with Gasteiger partial charge in [0.1, 0.15) is 17.3 Å². The molecule has 0 aliphatic rings. The van der Waals surface area contributed by atoms with E-state index < -0.39 is 46.6 Å². The number of Topliss-reactive ketones (excluding diaryl/α,β-unsaturated/α-hetero) is 2. The lowest BCUT2D eigenvalue weighted by molar-refractivity contribution is -0.159. The largest absolute Gasteiger partial charge is 0.495 e. The summed E-state index contributed by atoms with van der Waals surface area (Å²) in [6.45, 7) is 8.11. The summed E-state index contributed by atoms with van der Waals surface area (Å²) in [6.07, 6.45) is 1.68. The number of nitrogens with zero attached hydrogens (tertiary/aromatic N) is 4. The highest BCUT2D eigenvalue weighted by Gasteiger charge is 2.32. The summed E-state index contributed by atoms with van der Waals surface area (Å²) in [5.74, 6) is -3.27. The molecule has 3 atom stereocenters. The second-order valence-electron chi connectivity index (χ2n) is 15.0. The molecule has 16 heteroatoms. The van der Waals surface area contributed by atoms with Crippen LogP contribution in [0.4, 0.5) is 20.8 Å². The molecule has 3 aromatic carbocycles. The molecule has 0 saturated heterocycles. The van der Waals surface area contributed by atoms with Gasteiger partial charge in [-0.2, -0.15) is 4.98 Å². The second kappa shape index (κ2) is 18.7. The minimum absolute atomic E-state index is 0.0108. The first-order chi connectivity index (χ1) is 27.9. The molecule has 2 N–H and O–H groups in total. The van der Waals surface area contributed by atoms with E-state index in [2.05, 4.69) is 10.1 Å². The van der Waals surface area contributed by atoms with Crippen molar-refractivity contribution in [3.8, 4) is 16.9 Å². The van der Waals surface area contributed by atoms with E-state index in [1.165, 1.54) is 42.0 Å². The Morgan fingerprint density at radius 3 is 2.12 bits per heavy atom. The van der Waals surface area contributed by atoms with Crippen LogP contribution < -0.4 is 15.4 Å². The highest BCUT2D eigenvalue weighted by atomic mass is 32.2. The van der Waals surface area contributed by atoms with Crippen LogP contribution in [-0.4, -0.2) is 72.8 Å². The van der Waals surface area contributed by atoms with Crippen LogP contribution in [0.15, 0.2) is 90.0 Å². The van der Waals surface area contributed by atoms with Gasteiger partial charge < -0.3 is 19.9 Å². The van der Waals surface area contributed by atoms with Crippen LogP contribution in [0.3, 0.4) is 0 Å². The molecule has 0 spiro atoms. The molecular weight excluding hydrogens is 782 g/mol. The third-order valence-corrected chi connectivity index (χ3v) is 11.2. The number of benzene rings is 3. The lowest BCUT2D eigenvalue weighted by Gasteiger charge is -2.23. The number of ether oxygens (including phenoxy) is 3. The number of sulfone groups is 1. The highest BCUT2D eigenvalue weighted by Crippen LogP contribution is 2.36. The Hall–Kier alpha value is -6.00. The summed E-state index contributed by atoms with van der Waals surface area (Å²) < 4.78 is 55.8. The Kier molecular flexibility index (Phi) is 14.0. The van der Waals surface area contributed by atoms with Crippen LogP contribution in [-0.2, 0) is 40.1 Å². The number of hydrogen-bond acceptors (Lipinski definition) is 12. The van der Waals surface area contributed by atoms with Crippen molar-refractivity contribution in [1.82, 2.24) is 14.6 Å². The summed E-state index contributed by atoms with van der Waals surface area (Å²) in [5.41, 5.74) is 9.44. The number of methoxy groups -OCH3 is 1. The summed E-state index contributed by atoms with van der Waals surface area (Å²) in [5, 5.41) is 4.54. The van der Waals surface area contributed by atoms with Gasteiger partial charge in [0.05, 0.1) is 29.7 Å². The number of aromatic nitrogens is 3. The smallest absolute Gasteiger partial charge is 0.424 e. The van der Waals surface area contributed by atoms with Crippen molar-refractivity contribution in [3.63, 3.8) is 0 Å². The predicted octanol–water partition coefficient (Wildman–Crippen LogP) is 6.85. The molecular formula is C43H48FN5O9S. The molecule has 0 saturated carbocycles. The molecule has 14 nitrogen and oxygen atoms in total. The first-order valence-electron chi connectivity index (χ1n) is 18.9. The van der Waals surface area contributed by atoms with Crippen molar-refractivity contribution in [3.05, 3.63) is 102 Å². The van der Waals surface area contributed by atoms with E-state index in [9.17, 15) is 32.0 Å². The molecule has 0 bridgehead atoms. The van der Waals surface area contributed by atoms with Crippen molar-refractivity contribution >= 4 is 50.7 Å². The zero-order valence-electron chi connectivity index (χ0n) is 33.9. The summed E-state index contributed by atoms with van der Waals surface area (Å²) in [6, 6.07) is 19.9. The van der Waals surface area contributed by atoms with E-state index in [0.717, 1.165) is 33.4 Å². The van der Waals surface area contributed by atoms with Gasteiger partial charge in [-0.1, -0.05) is 71.0 Å². The fourth-order valence-electron chi connectivity index (χ4n) is 6.23. The number of carbonyl (C=O) groups excluding carboxylic acids is 4. The number of pyridine rings is 1. The van der Waals surface area contributed by atoms with Crippen LogP contribution in [0.1, 0.15) is 58.1 Å². The van der Waals surface area contributed by atoms with Gasteiger partial charge in [0.15, 0.2) is 21.3 Å². The monoisotopic (exact) mass is 829 g/mol. The average Bonchev–Trinajstić information content (AvgIpc) is 3.62. The number of nitrogens with two attached hydrogens (primary N) is 1. The molecule has 312 valence electrons. The van der Waals surface area contributed by atoms with Gasteiger partial charge in [0.25, 0.3) is 5.95 Å². The molecule has 0 aliphatic carbocycles. The van der Waals surface area contributed by atoms with Gasteiger partial charge in [0.2, 0.25) is 6.79 Å². The second-order valence-corrected chi connectivity index (χ2v) is 17.0. The molecule has 59 heavy (non-hydrogen) atoms. The van der Waals surface area contributed by atoms with E-state index in [1.54, 1.807) is 51.2 Å². The van der Waals surface area contributed by atoms with E-state index >= 15 is 0 Å². The SMILES string of the molecule is COc1cc(S(C)(=O)=O)ccc1N(C(=O)OCOC(=O)[C@@H](CC(=O)[C@@H](N)C(C)C)C(C)C)c1nc2ccc(-c3ccc(CC(=O)[C@H](C)c4ccc(F)cc4)cc3)cn2n1. The summed E-state index contributed by atoms with van der Waals surface area (Å²) in [4.78, 5) is 58.1. The Morgan fingerprint density at radius 1 is 0.847 bits per heavy atom. The number of carbonyl (C=O) groups is 4. The molecule has 0 radical (unpaired) electrons. The third-order valence-electron chi connectivity index (χ3n) is 10.0. The first kappa shape index (κ1) is 44.1. The van der Waals surface area contributed by atoms with Gasteiger partial charge >= 0.3 is 12.1 Å². The van der Waals surface area contributed by atoms with Gasteiger partial charge in [-0.15, -0.1) is 5.10 Å². The Bertz CT molecular complexity index is 2430. The average molecular weight is 830 g/mol. The fraction of sp³-hybridized carbons (Fsp3) is 0.349. The Labute approximate surface area is 342 Å². The number of esters is 1. The molecule has 0 fully saturated rings. The Balaban J connectivity index is 1.38. The molecule has 0 unspecified atom stereocenters. The number of rotatable bonds is 17. The molecule has 2 heterocycles. The number of fused-ring (bicyclic) bond motifs is 1. The van der Waals surface area contributed by atoms with Crippen LogP contribution in [0, 0.1) is 23.6 Å². The van der Waals surface area contributed by atoms with Crippen LogP contribution in [0.25, 0.3) is 16.8 Å². The van der Waals surface area contributed by atoms with Crippen molar-refractivity contribution < 1.29 is 46.2 Å². The lowest BCUT2D eigenvalue weighted by atomic mass is 9.87. The number of anilines is 2. The van der Waals surface area contributed by atoms with Crippen LogP contribution in [0.5, 0.6) is 5.75 Å². The van der Waals surface area contributed by atoms with E-state index in [-0.39, 0.29) is 64.3 Å². The summed E-state index contributed by atoms with van der Waals surface area (Å²) >= 11 is 0. The number of hydrogen-bond donors (Lipinski definition) is 1. The van der Waals surface area contributed by atoms with Gasteiger partial charge in [-0.25, -0.2) is 27.0 Å². The molecule has 5 aromatic rings. The quantitative estimate of drug-likeness (QED) is 0.0759. The molecule has 2 aromatic heterocycles. The number of amides is 1. The predicted molar refractivity (Wildman–Crippen MR) is 218 cm³/mol. The normalized spacial score (nSPS) is 13.2. The maximum Gasteiger partial charge on any atom is 0.424 e. The van der Waals surface area contributed by atoms with Gasteiger partial charge in [-0.3, -0.25) is 14.4 Å². The van der Waals surface area contributed by atoms with Crippen molar-refractivity contribution in [1.29, 1.82) is 0 Å². The van der Waals surface area contributed by atoms with Crippen molar-refractivity contribution in [2.75, 3.05) is 25.1 Å². The van der Waals surface area contributed by atoms with E-state index in [0.29, 0.717) is 5.65 Å². The zero-order chi connectivity index (χ0) is 43.2. The van der Waals surface area contributed by atoms with Crippen LogP contribution in [0.2, 0.25) is 0 Å². The van der Waals surface area contributed by atoms with Crippen LogP contribution >= 0.6 is 0 Å². The maximum atomic E-state index is 13.9. The standard InChI is InChI=1S/C43H48FN5O9S/c1-25(2)34(22-37(51)40(45)26(3)4)41(52)57-24-58-43(53)49(35-18-17-33(59(7,54)55)21-38(35)56-6)42-46-39-19-14-31(23-48(39)47-42)30-10-8-28(9-11-30)20-36(50)27(5)29-12-15-32(44)16-13-29/h8-19,21,23,25-27,34,40H,20,22,24,45H2,1-7H3/t27-,34+,40+/m1/s1. The van der Waals surface area contributed by atoms with Crippen molar-refractivity contribution in [2.45, 2.75) is 64.3 Å². The van der Waals surface area contributed by atoms with Gasteiger partial charge in [-0.05, 0) is 64.9 Å². The van der Waals surface area contributed by atoms with E-state index in [1.807, 2.05) is 38.1 Å². The summed E-state index contributed by atoms with van der Waals surface area (Å²) in [7, 11) is -2.37.